The van der Waals surface area contributed by atoms with Crippen molar-refractivity contribution in [2.24, 2.45) is 0 Å². The van der Waals surface area contributed by atoms with Crippen LogP contribution >= 0.6 is 0 Å². The summed E-state index contributed by atoms with van der Waals surface area (Å²) < 4.78 is 42.9. The topological polar surface area (TPSA) is 102 Å². The van der Waals surface area contributed by atoms with E-state index in [0.717, 1.165) is 25.7 Å². The molecule has 0 N–H and O–H groups in total. The first-order valence-corrected chi connectivity index (χ1v) is 12.1. The molecule has 1 aliphatic rings. The van der Waals surface area contributed by atoms with Gasteiger partial charge in [-0.05, 0) is 37.1 Å². The summed E-state index contributed by atoms with van der Waals surface area (Å²) in [4.78, 5) is 26.2. The van der Waals surface area contributed by atoms with Gasteiger partial charge in [0.2, 0.25) is 10.0 Å². The Hall–Kier alpha value is -2.43. The summed E-state index contributed by atoms with van der Waals surface area (Å²) in [7, 11) is -1.22. The predicted octanol–water partition coefficient (Wildman–Crippen LogP) is 2.67. The van der Waals surface area contributed by atoms with Crippen LogP contribution < -0.4 is 4.90 Å². The Labute approximate surface area is 190 Å². The second-order valence-electron chi connectivity index (χ2n) is 7.32. The van der Waals surface area contributed by atoms with Crippen molar-refractivity contribution in [1.82, 2.24) is 4.31 Å². The maximum atomic E-state index is 13.2. The molecular weight excluding hydrogens is 436 g/mol. The molecule has 2 rings (SSSR count). The van der Waals surface area contributed by atoms with Crippen LogP contribution in [0.4, 0.5) is 5.69 Å². The number of hydrogen-bond acceptors (Lipinski definition) is 8. The van der Waals surface area contributed by atoms with Crippen LogP contribution in [-0.4, -0.2) is 65.3 Å². The lowest BCUT2D eigenvalue weighted by Gasteiger charge is -2.31. The highest BCUT2D eigenvalue weighted by atomic mass is 32.2. The molecule has 32 heavy (non-hydrogen) atoms. The van der Waals surface area contributed by atoms with Gasteiger partial charge >= 0.3 is 11.9 Å². The van der Waals surface area contributed by atoms with E-state index in [-0.39, 0.29) is 29.5 Å². The average molecular weight is 469 g/mol. The number of methoxy groups -OCH3 is 2. The minimum atomic E-state index is -3.65. The van der Waals surface area contributed by atoms with Gasteiger partial charge in [0.05, 0.1) is 31.3 Å². The van der Waals surface area contributed by atoms with Gasteiger partial charge in [0.25, 0.3) is 0 Å². The number of nitrogens with zero attached hydrogens (tertiary/aromatic N) is 2. The molecule has 0 radical (unpaired) electrons. The third-order valence-corrected chi connectivity index (χ3v) is 7.05. The molecule has 0 bridgehead atoms. The maximum Gasteiger partial charge on any atom is 0.355 e. The van der Waals surface area contributed by atoms with Gasteiger partial charge in [-0.15, -0.1) is 0 Å². The standard InChI is InChI=1S/C22H32N2O7S/c1-5-7-13-23(14-8-6-2)32(27,28)18-11-9-17(10-12-18)24-16-31-15-19(21(25)29-3)20(24)22(26)30-4/h9-12H,5-8,13-16H2,1-4H3. The van der Waals surface area contributed by atoms with Crippen molar-refractivity contribution in [2.75, 3.05) is 45.5 Å². The zero-order valence-corrected chi connectivity index (χ0v) is 19.9. The lowest BCUT2D eigenvalue weighted by molar-refractivity contribution is -0.140. The molecule has 0 amide bonds. The van der Waals surface area contributed by atoms with Crippen LogP contribution in [0, 0.1) is 0 Å². The molecular formula is C22H32N2O7S. The molecule has 0 atom stereocenters. The number of benzene rings is 1. The molecule has 1 aromatic rings. The van der Waals surface area contributed by atoms with Gasteiger partial charge in [-0.1, -0.05) is 26.7 Å². The molecule has 0 aliphatic carbocycles. The second kappa shape index (κ2) is 12.0. The predicted molar refractivity (Wildman–Crippen MR) is 119 cm³/mol. The molecule has 0 saturated carbocycles. The first-order chi connectivity index (χ1) is 15.3. The molecule has 1 heterocycles. The van der Waals surface area contributed by atoms with Gasteiger partial charge in [-0.25, -0.2) is 18.0 Å². The highest BCUT2D eigenvalue weighted by molar-refractivity contribution is 7.89. The molecule has 9 nitrogen and oxygen atoms in total. The number of rotatable bonds is 11. The number of esters is 2. The van der Waals surface area contributed by atoms with Crippen molar-refractivity contribution >= 4 is 27.6 Å². The molecule has 0 fully saturated rings. The fourth-order valence-electron chi connectivity index (χ4n) is 3.32. The van der Waals surface area contributed by atoms with Crippen LogP contribution in [0.25, 0.3) is 0 Å². The van der Waals surface area contributed by atoms with E-state index in [1.165, 1.54) is 35.6 Å². The van der Waals surface area contributed by atoms with Crippen LogP contribution in [0.1, 0.15) is 39.5 Å². The van der Waals surface area contributed by atoms with Gasteiger partial charge in [-0.2, -0.15) is 4.31 Å². The number of hydrogen-bond donors (Lipinski definition) is 0. The van der Waals surface area contributed by atoms with E-state index < -0.39 is 22.0 Å². The Bertz CT molecular complexity index is 918. The summed E-state index contributed by atoms with van der Waals surface area (Å²) >= 11 is 0. The summed E-state index contributed by atoms with van der Waals surface area (Å²) in [5.74, 6) is -1.41. The Kier molecular flexibility index (Phi) is 9.67. The van der Waals surface area contributed by atoms with Crippen molar-refractivity contribution in [2.45, 2.75) is 44.4 Å². The smallest absolute Gasteiger partial charge is 0.355 e. The van der Waals surface area contributed by atoms with Crippen molar-refractivity contribution in [3.63, 3.8) is 0 Å². The highest BCUT2D eigenvalue weighted by Crippen LogP contribution is 2.28. The van der Waals surface area contributed by atoms with Crippen LogP contribution in [0.3, 0.4) is 0 Å². The highest BCUT2D eigenvalue weighted by Gasteiger charge is 2.33. The van der Waals surface area contributed by atoms with E-state index in [4.69, 9.17) is 14.2 Å². The summed E-state index contributed by atoms with van der Waals surface area (Å²) in [5.41, 5.74) is 0.528. The van der Waals surface area contributed by atoms with Gasteiger partial charge in [0.15, 0.2) is 0 Å². The molecule has 0 spiro atoms. The third kappa shape index (κ3) is 5.87. The number of sulfonamides is 1. The second-order valence-corrected chi connectivity index (χ2v) is 9.26. The zero-order chi connectivity index (χ0) is 23.7. The molecule has 10 heteroatoms. The van der Waals surface area contributed by atoms with Crippen molar-refractivity contribution < 1.29 is 32.2 Å². The SMILES string of the molecule is CCCCN(CCCC)S(=O)(=O)c1ccc(N2COCC(C(=O)OC)=C2C(=O)OC)cc1. The lowest BCUT2D eigenvalue weighted by Crippen LogP contribution is -2.38. The normalized spacial score (nSPS) is 14.6. The number of carbonyl (C=O) groups excluding carboxylic acids is 2. The van der Waals surface area contributed by atoms with E-state index in [9.17, 15) is 18.0 Å². The summed E-state index contributed by atoms with van der Waals surface area (Å²) in [6.07, 6.45) is 3.37. The number of carbonyl (C=O) groups is 2. The van der Waals surface area contributed by atoms with E-state index in [1.807, 2.05) is 13.8 Å². The number of unbranched alkanes of at least 4 members (excludes halogenated alkanes) is 2. The molecule has 0 saturated heterocycles. The first kappa shape index (κ1) is 25.8. The maximum absolute atomic E-state index is 13.2. The molecule has 1 aliphatic heterocycles. The van der Waals surface area contributed by atoms with Gasteiger partial charge in [0.1, 0.15) is 12.4 Å². The minimum Gasteiger partial charge on any atom is -0.466 e. The lowest BCUT2D eigenvalue weighted by atomic mass is 10.1. The molecule has 178 valence electrons. The fourth-order valence-corrected chi connectivity index (χ4v) is 4.83. The number of anilines is 1. The van der Waals surface area contributed by atoms with E-state index in [2.05, 4.69) is 0 Å². The van der Waals surface area contributed by atoms with Crippen LogP contribution in [0.15, 0.2) is 40.4 Å². The van der Waals surface area contributed by atoms with E-state index in [0.29, 0.717) is 18.8 Å². The quantitative estimate of drug-likeness (QED) is 0.457. The van der Waals surface area contributed by atoms with Gasteiger partial charge in [0, 0.05) is 18.8 Å². The third-order valence-electron chi connectivity index (χ3n) is 5.14. The Morgan fingerprint density at radius 2 is 1.56 bits per heavy atom. The Morgan fingerprint density at radius 1 is 1.00 bits per heavy atom. The first-order valence-electron chi connectivity index (χ1n) is 10.7. The Morgan fingerprint density at radius 3 is 2.06 bits per heavy atom. The Balaban J connectivity index is 2.39. The summed E-state index contributed by atoms with van der Waals surface area (Å²) in [6.45, 7) is 4.89. The van der Waals surface area contributed by atoms with E-state index >= 15 is 0 Å². The molecule has 0 unspecified atom stereocenters. The average Bonchev–Trinajstić information content (AvgIpc) is 2.82. The van der Waals surface area contributed by atoms with E-state index in [1.54, 1.807) is 12.1 Å². The van der Waals surface area contributed by atoms with Crippen LogP contribution in [0.2, 0.25) is 0 Å². The fraction of sp³-hybridized carbons (Fsp3) is 0.545. The van der Waals surface area contributed by atoms with Crippen molar-refractivity contribution in [3.05, 3.63) is 35.5 Å². The van der Waals surface area contributed by atoms with Gasteiger partial charge in [-0.3, -0.25) is 0 Å². The van der Waals surface area contributed by atoms with Crippen LogP contribution in [-0.2, 0) is 33.8 Å². The summed E-state index contributed by atoms with van der Waals surface area (Å²) in [6, 6.07) is 6.15. The summed E-state index contributed by atoms with van der Waals surface area (Å²) in [5, 5.41) is 0. The van der Waals surface area contributed by atoms with Gasteiger partial charge < -0.3 is 19.1 Å². The molecule has 0 aromatic heterocycles. The monoisotopic (exact) mass is 468 g/mol. The zero-order valence-electron chi connectivity index (χ0n) is 19.1. The largest absolute Gasteiger partial charge is 0.466 e. The van der Waals surface area contributed by atoms with Crippen LogP contribution in [0.5, 0.6) is 0 Å². The van der Waals surface area contributed by atoms with Crippen molar-refractivity contribution in [1.29, 1.82) is 0 Å². The molecule has 1 aromatic carbocycles. The number of ether oxygens (including phenoxy) is 3. The minimum absolute atomic E-state index is 0.00382. The van der Waals surface area contributed by atoms with Crippen molar-refractivity contribution in [3.8, 4) is 0 Å².